The maximum Gasteiger partial charge on any atom is 0.312 e. The lowest BCUT2D eigenvalue weighted by Gasteiger charge is -2.09. The van der Waals surface area contributed by atoms with Gasteiger partial charge in [-0.2, -0.15) is 0 Å². The van der Waals surface area contributed by atoms with Gasteiger partial charge in [0, 0.05) is 18.2 Å². The molecule has 6 nitrogen and oxygen atoms in total. The molecule has 0 radical (unpaired) electrons. The molecule has 1 atom stereocenters. The Morgan fingerprint density at radius 3 is 2.60 bits per heavy atom. The van der Waals surface area contributed by atoms with Crippen molar-refractivity contribution in [3.8, 4) is 0 Å². The lowest BCUT2D eigenvalue weighted by Crippen LogP contribution is -2.22. The third-order valence-electron chi connectivity index (χ3n) is 2.04. The van der Waals surface area contributed by atoms with E-state index in [1.165, 1.54) is 18.2 Å². The van der Waals surface area contributed by atoms with Gasteiger partial charge in [-0.3, -0.25) is 14.9 Å². The predicted octanol–water partition coefficient (Wildman–Crippen LogP) is 0.722. The van der Waals surface area contributed by atoms with Gasteiger partial charge in [0.15, 0.2) is 0 Å². The zero-order valence-corrected chi connectivity index (χ0v) is 7.79. The number of nitro benzene ring substituents is 1. The van der Waals surface area contributed by atoms with Gasteiger partial charge in [0.25, 0.3) is 5.69 Å². The van der Waals surface area contributed by atoms with Gasteiger partial charge in [0.05, 0.1) is 4.92 Å². The monoisotopic (exact) mass is 210 g/mol. The number of para-hydroxylation sites is 1. The molecular formula is C9H10N2O4. The van der Waals surface area contributed by atoms with Crippen molar-refractivity contribution in [2.45, 2.75) is 5.92 Å². The maximum absolute atomic E-state index is 10.8. The second kappa shape index (κ2) is 4.52. The number of carboxylic acids is 1. The van der Waals surface area contributed by atoms with Gasteiger partial charge < -0.3 is 10.8 Å². The van der Waals surface area contributed by atoms with Crippen molar-refractivity contribution >= 4 is 11.7 Å². The molecule has 15 heavy (non-hydrogen) atoms. The van der Waals surface area contributed by atoms with Crippen LogP contribution in [0.5, 0.6) is 0 Å². The fourth-order valence-corrected chi connectivity index (χ4v) is 1.31. The van der Waals surface area contributed by atoms with Gasteiger partial charge in [-0.1, -0.05) is 18.2 Å². The SMILES string of the molecule is NCC(C(=O)O)c1ccccc1[N+](=O)[O-]. The van der Waals surface area contributed by atoms with E-state index in [1.54, 1.807) is 6.07 Å². The number of hydrogen-bond acceptors (Lipinski definition) is 4. The minimum absolute atomic E-state index is 0.137. The Morgan fingerprint density at radius 2 is 2.13 bits per heavy atom. The third kappa shape index (κ3) is 2.29. The first-order valence-corrected chi connectivity index (χ1v) is 4.24. The molecule has 1 aromatic rings. The first-order valence-electron chi connectivity index (χ1n) is 4.24. The first kappa shape index (κ1) is 11.1. The molecule has 0 saturated heterocycles. The zero-order valence-electron chi connectivity index (χ0n) is 7.79. The van der Waals surface area contributed by atoms with Crippen LogP contribution in [0.1, 0.15) is 11.5 Å². The highest BCUT2D eigenvalue weighted by atomic mass is 16.6. The van der Waals surface area contributed by atoms with Crippen LogP contribution in [0, 0.1) is 10.1 Å². The summed E-state index contributed by atoms with van der Waals surface area (Å²) in [6.07, 6.45) is 0. The third-order valence-corrected chi connectivity index (χ3v) is 2.04. The summed E-state index contributed by atoms with van der Waals surface area (Å²) in [5.41, 5.74) is 5.20. The summed E-state index contributed by atoms with van der Waals surface area (Å²) in [5.74, 6) is -2.20. The topological polar surface area (TPSA) is 106 Å². The zero-order chi connectivity index (χ0) is 11.4. The van der Waals surface area contributed by atoms with Crippen molar-refractivity contribution < 1.29 is 14.8 Å². The highest BCUT2D eigenvalue weighted by Gasteiger charge is 2.25. The smallest absolute Gasteiger partial charge is 0.312 e. The van der Waals surface area contributed by atoms with E-state index >= 15 is 0 Å². The average Bonchev–Trinajstić information content (AvgIpc) is 2.18. The molecule has 0 bridgehead atoms. The molecule has 1 unspecified atom stereocenters. The van der Waals surface area contributed by atoms with Crippen LogP contribution < -0.4 is 5.73 Å². The Kier molecular flexibility index (Phi) is 3.35. The molecule has 0 aromatic heterocycles. The van der Waals surface area contributed by atoms with E-state index in [0.717, 1.165) is 0 Å². The van der Waals surface area contributed by atoms with Gasteiger partial charge in [-0.25, -0.2) is 0 Å². The van der Waals surface area contributed by atoms with E-state index in [1.807, 2.05) is 0 Å². The van der Waals surface area contributed by atoms with Crippen LogP contribution in [0.3, 0.4) is 0 Å². The van der Waals surface area contributed by atoms with E-state index in [-0.39, 0.29) is 17.8 Å². The minimum atomic E-state index is -1.16. The number of nitro groups is 1. The molecule has 0 fully saturated rings. The summed E-state index contributed by atoms with van der Waals surface area (Å²) in [4.78, 5) is 20.8. The summed E-state index contributed by atoms with van der Waals surface area (Å²) >= 11 is 0. The number of rotatable bonds is 4. The number of carboxylic acid groups (broad SMARTS) is 1. The average molecular weight is 210 g/mol. The number of benzene rings is 1. The van der Waals surface area contributed by atoms with Crippen LogP contribution in [-0.4, -0.2) is 22.5 Å². The summed E-state index contributed by atoms with van der Waals surface area (Å²) < 4.78 is 0. The van der Waals surface area contributed by atoms with Gasteiger partial charge >= 0.3 is 5.97 Å². The summed E-state index contributed by atoms with van der Waals surface area (Å²) in [6, 6.07) is 5.70. The van der Waals surface area contributed by atoms with Crippen molar-refractivity contribution in [1.82, 2.24) is 0 Å². The van der Waals surface area contributed by atoms with Crippen molar-refractivity contribution in [1.29, 1.82) is 0 Å². The second-order valence-electron chi connectivity index (χ2n) is 2.94. The highest BCUT2D eigenvalue weighted by Crippen LogP contribution is 2.25. The summed E-state index contributed by atoms with van der Waals surface area (Å²) in [5, 5.41) is 19.5. The molecule has 6 heteroatoms. The molecule has 0 aliphatic heterocycles. The molecule has 0 aliphatic carbocycles. The molecule has 0 saturated carbocycles. The molecule has 1 rings (SSSR count). The fraction of sp³-hybridized carbons (Fsp3) is 0.222. The minimum Gasteiger partial charge on any atom is -0.481 e. The Bertz CT molecular complexity index is 391. The number of nitrogens with zero attached hydrogens (tertiary/aromatic N) is 1. The van der Waals surface area contributed by atoms with E-state index in [2.05, 4.69) is 0 Å². The highest BCUT2D eigenvalue weighted by molar-refractivity contribution is 5.78. The number of hydrogen-bond donors (Lipinski definition) is 2. The number of aliphatic carboxylic acids is 1. The standard InChI is InChI=1S/C9H10N2O4/c10-5-7(9(12)13)6-3-1-2-4-8(6)11(14)15/h1-4,7H,5,10H2,(H,12,13). The van der Waals surface area contributed by atoms with Crippen LogP contribution >= 0.6 is 0 Å². The van der Waals surface area contributed by atoms with E-state index in [4.69, 9.17) is 10.8 Å². The first-order chi connectivity index (χ1) is 7.07. The fourth-order valence-electron chi connectivity index (χ4n) is 1.31. The van der Waals surface area contributed by atoms with Crippen LogP contribution in [0.15, 0.2) is 24.3 Å². The van der Waals surface area contributed by atoms with Crippen molar-refractivity contribution in [3.63, 3.8) is 0 Å². The lowest BCUT2D eigenvalue weighted by molar-refractivity contribution is -0.385. The lowest BCUT2D eigenvalue weighted by atomic mass is 9.98. The molecule has 0 amide bonds. The summed E-state index contributed by atoms with van der Waals surface area (Å²) in [7, 11) is 0. The van der Waals surface area contributed by atoms with Crippen LogP contribution in [0.25, 0.3) is 0 Å². The normalized spacial score (nSPS) is 12.1. The van der Waals surface area contributed by atoms with Gasteiger partial charge in [-0.15, -0.1) is 0 Å². The quantitative estimate of drug-likeness (QED) is 0.562. The van der Waals surface area contributed by atoms with Crippen molar-refractivity contribution in [2.75, 3.05) is 6.54 Å². The van der Waals surface area contributed by atoms with E-state index in [0.29, 0.717) is 0 Å². The predicted molar refractivity (Wildman–Crippen MR) is 52.5 cm³/mol. The molecule has 80 valence electrons. The van der Waals surface area contributed by atoms with Crippen LogP contribution in [-0.2, 0) is 4.79 Å². The Morgan fingerprint density at radius 1 is 1.53 bits per heavy atom. The van der Waals surface area contributed by atoms with E-state index < -0.39 is 16.8 Å². The molecule has 0 spiro atoms. The van der Waals surface area contributed by atoms with Crippen LogP contribution in [0.4, 0.5) is 5.69 Å². The van der Waals surface area contributed by atoms with Crippen molar-refractivity contribution in [3.05, 3.63) is 39.9 Å². The second-order valence-corrected chi connectivity index (χ2v) is 2.94. The van der Waals surface area contributed by atoms with Gasteiger partial charge in [0.2, 0.25) is 0 Å². The molecule has 0 heterocycles. The Hall–Kier alpha value is -1.95. The number of nitrogens with two attached hydrogens (primary N) is 1. The molecule has 1 aromatic carbocycles. The Labute approximate surface area is 85.5 Å². The largest absolute Gasteiger partial charge is 0.481 e. The summed E-state index contributed by atoms with van der Waals surface area (Å²) in [6.45, 7) is -0.166. The maximum atomic E-state index is 10.8. The van der Waals surface area contributed by atoms with Gasteiger partial charge in [-0.05, 0) is 0 Å². The van der Waals surface area contributed by atoms with E-state index in [9.17, 15) is 14.9 Å². The van der Waals surface area contributed by atoms with Crippen molar-refractivity contribution in [2.24, 2.45) is 5.73 Å². The molecule has 3 N–H and O–H groups in total. The molecule has 0 aliphatic rings. The molecular weight excluding hydrogens is 200 g/mol. The number of carbonyl (C=O) groups is 1. The van der Waals surface area contributed by atoms with Crippen LogP contribution in [0.2, 0.25) is 0 Å². The van der Waals surface area contributed by atoms with Gasteiger partial charge in [0.1, 0.15) is 5.92 Å². The Balaban J connectivity index is 3.22.